The molecule has 2 heterocycles. The standard InChI is InChI=1S/C27H40N2O3/c30-25(14-13-23-9-5-6-10-23)29-19-15-27(16-20-29,22-32-24-11-3-1-4-12-24)21-26(31)28-17-7-2-8-18-28/h1,3-4,11-12,23H,2,5-10,13-22H2. The fourth-order valence-corrected chi connectivity index (χ4v) is 5.72. The number of likely N-dealkylation sites (tertiary alicyclic amines) is 2. The van der Waals surface area contributed by atoms with Gasteiger partial charge in [0.15, 0.2) is 0 Å². The molecule has 3 fully saturated rings. The second-order valence-corrected chi connectivity index (χ2v) is 10.3. The van der Waals surface area contributed by atoms with Crippen molar-refractivity contribution in [1.82, 2.24) is 9.80 Å². The second kappa shape index (κ2) is 11.2. The van der Waals surface area contributed by atoms with Gasteiger partial charge in [0.25, 0.3) is 0 Å². The monoisotopic (exact) mass is 440 g/mol. The van der Waals surface area contributed by atoms with Crippen LogP contribution in [0.5, 0.6) is 5.75 Å². The highest BCUT2D eigenvalue weighted by Crippen LogP contribution is 2.37. The summed E-state index contributed by atoms with van der Waals surface area (Å²) < 4.78 is 6.17. The molecule has 5 heteroatoms. The van der Waals surface area contributed by atoms with E-state index in [0.717, 1.165) is 70.0 Å². The topological polar surface area (TPSA) is 49.9 Å². The molecule has 0 atom stereocenters. The third kappa shape index (κ3) is 6.26. The van der Waals surface area contributed by atoms with E-state index in [1.54, 1.807) is 0 Å². The first-order valence-electron chi connectivity index (χ1n) is 12.9. The molecule has 0 radical (unpaired) electrons. The molecule has 32 heavy (non-hydrogen) atoms. The Bertz CT molecular complexity index is 731. The van der Waals surface area contributed by atoms with E-state index >= 15 is 0 Å². The highest BCUT2D eigenvalue weighted by molar-refractivity contribution is 5.78. The smallest absolute Gasteiger partial charge is 0.223 e. The Labute approximate surface area is 193 Å². The van der Waals surface area contributed by atoms with E-state index in [1.165, 1.54) is 32.1 Å². The Kier molecular flexibility index (Phi) is 8.10. The number of amides is 2. The van der Waals surface area contributed by atoms with Crippen LogP contribution < -0.4 is 4.74 Å². The van der Waals surface area contributed by atoms with Gasteiger partial charge in [-0.3, -0.25) is 9.59 Å². The van der Waals surface area contributed by atoms with E-state index < -0.39 is 0 Å². The Balaban J connectivity index is 1.34. The molecule has 3 aliphatic rings. The van der Waals surface area contributed by atoms with Crippen molar-refractivity contribution in [3.05, 3.63) is 30.3 Å². The van der Waals surface area contributed by atoms with Crippen molar-refractivity contribution in [3.63, 3.8) is 0 Å². The normalized spacial score (nSPS) is 21.5. The van der Waals surface area contributed by atoms with E-state index in [4.69, 9.17) is 4.74 Å². The Morgan fingerprint density at radius 3 is 2.19 bits per heavy atom. The van der Waals surface area contributed by atoms with E-state index in [2.05, 4.69) is 0 Å². The number of piperidine rings is 2. The lowest BCUT2D eigenvalue weighted by molar-refractivity contribution is -0.138. The van der Waals surface area contributed by atoms with Crippen LogP contribution in [0, 0.1) is 11.3 Å². The molecule has 1 aliphatic carbocycles. The predicted octanol–water partition coefficient (Wildman–Crippen LogP) is 5.05. The van der Waals surface area contributed by atoms with Crippen molar-refractivity contribution in [2.75, 3.05) is 32.8 Å². The first-order valence-corrected chi connectivity index (χ1v) is 12.9. The van der Waals surface area contributed by atoms with E-state index in [-0.39, 0.29) is 11.3 Å². The van der Waals surface area contributed by atoms with Crippen molar-refractivity contribution in [1.29, 1.82) is 0 Å². The number of carbonyl (C=O) groups is 2. The highest BCUT2D eigenvalue weighted by atomic mass is 16.5. The Morgan fingerprint density at radius 1 is 0.844 bits per heavy atom. The van der Waals surface area contributed by atoms with Crippen molar-refractivity contribution >= 4 is 11.8 Å². The van der Waals surface area contributed by atoms with Gasteiger partial charge in [-0.05, 0) is 56.6 Å². The molecule has 1 aromatic rings. The second-order valence-electron chi connectivity index (χ2n) is 10.3. The zero-order chi connectivity index (χ0) is 22.2. The zero-order valence-electron chi connectivity index (χ0n) is 19.6. The molecular formula is C27H40N2O3. The molecule has 2 amide bonds. The summed E-state index contributed by atoms with van der Waals surface area (Å²) in [4.78, 5) is 30.1. The summed E-state index contributed by atoms with van der Waals surface area (Å²) >= 11 is 0. The molecule has 0 N–H and O–H groups in total. The maximum absolute atomic E-state index is 13.1. The molecule has 0 aromatic heterocycles. The summed E-state index contributed by atoms with van der Waals surface area (Å²) in [6.07, 6.45) is 12.7. The third-order valence-electron chi connectivity index (χ3n) is 7.94. The van der Waals surface area contributed by atoms with E-state index in [1.807, 2.05) is 40.1 Å². The Morgan fingerprint density at radius 2 is 1.50 bits per heavy atom. The van der Waals surface area contributed by atoms with Gasteiger partial charge in [0, 0.05) is 44.4 Å². The summed E-state index contributed by atoms with van der Waals surface area (Å²) in [5.74, 6) is 2.18. The minimum atomic E-state index is -0.188. The molecule has 4 rings (SSSR count). The summed E-state index contributed by atoms with van der Waals surface area (Å²) in [5, 5.41) is 0. The van der Waals surface area contributed by atoms with Crippen molar-refractivity contribution < 1.29 is 14.3 Å². The molecule has 0 unspecified atom stereocenters. The van der Waals surface area contributed by atoms with Crippen LogP contribution in [-0.4, -0.2) is 54.4 Å². The lowest BCUT2D eigenvalue weighted by Crippen LogP contribution is -2.48. The number of rotatable bonds is 8. The number of benzene rings is 1. The van der Waals surface area contributed by atoms with Crippen LogP contribution in [0.15, 0.2) is 30.3 Å². The number of hydrogen-bond acceptors (Lipinski definition) is 3. The van der Waals surface area contributed by atoms with Gasteiger partial charge in [0.2, 0.25) is 11.8 Å². The van der Waals surface area contributed by atoms with Crippen LogP contribution in [0.4, 0.5) is 0 Å². The fourth-order valence-electron chi connectivity index (χ4n) is 5.72. The molecule has 1 saturated carbocycles. The molecule has 1 aromatic carbocycles. The van der Waals surface area contributed by atoms with Gasteiger partial charge in [0.1, 0.15) is 5.75 Å². The number of nitrogens with zero attached hydrogens (tertiary/aromatic N) is 2. The SMILES string of the molecule is O=C(CCC1CCCC1)N1CCC(COc2ccccc2)(CC(=O)N2CCCCC2)CC1. The summed E-state index contributed by atoms with van der Waals surface area (Å²) in [7, 11) is 0. The van der Waals surface area contributed by atoms with Gasteiger partial charge < -0.3 is 14.5 Å². The molecule has 2 saturated heterocycles. The van der Waals surface area contributed by atoms with Crippen molar-refractivity contribution in [3.8, 4) is 5.75 Å². The van der Waals surface area contributed by atoms with Crippen molar-refractivity contribution in [2.45, 2.75) is 77.0 Å². The number of hydrogen-bond donors (Lipinski definition) is 0. The molecule has 0 bridgehead atoms. The lowest BCUT2D eigenvalue weighted by Gasteiger charge is -2.42. The number of para-hydroxylation sites is 1. The minimum Gasteiger partial charge on any atom is -0.493 e. The Hall–Kier alpha value is -2.04. The predicted molar refractivity (Wildman–Crippen MR) is 126 cm³/mol. The van der Waals surface area contributed by atoms with Gasteiger partial charge in [0.05, 0.1) is 6.61 Å². The van der Waals surface area contributed by atoms with Gasteiger partial charge in [-0.15, -0.1) is 0 Å². The first kappa shape index (κ1) is 23.1. The van der Waals surface area contributed by atoms with Gasteiger partial charge in [-0.1, -0.05) is 43.9 Å². The molecule has 2 aliphatic heterocycles. The van der Waals surface area contributed by atoms with Gasteiger partial charge in [-0.2, -0.15) is 0 Å². The molecule has 0 spiro atoms. The molecule has 176 valence electrons. The van der Waals surface area contributed by atoms with Crippen LogP contribution in [0.25, 0.3) is 0 Å². The maximum Gasteiger partial charge on any atom is 0.223 e. The van der Waals surface area contributed by atoms with Gasteiger partial charge in [-0.25, -0.2) is 0 Å². The summed E-state index contributed by atoms with van der Waals surface area (Å²) in [5.41, 5.74) is -0.188. The average Bonchev–Trinajstić information content (AvgIpc) is 3.37. The minimum absolute atomic E-state index is 0.188. The van der Waals surface area contributed by atoms with Crippen LogP contribution in [-0.2, 0) is 9.59 Å². The van der Waals surface area contributed by atoms with Crippen LogP contribution in [0.3, 0.4) is 0 Å². The summed E-state index contributed by atoms with van der Waals surface area (Å²) in [6, 6.07) is 9.89. The fraction of sp³-hybridized carbons (Fsp3) is 0.704. The number of ether oxygens (including phenoxy) is 1. The highest BCUT2D eigenvalue weighted by Gasteiger charge is 2.39. The van der Waals surface area contributed by atoms with Crippen LogP contribution in [0.1, 0.15) is 77.0 Å². The quantitative estimate of drug-likeness (QED) is 0.569. The van der Waals surface area contributed by atoms with E-state index in [0.29, 0.717) is 25.4 Å². The third-order valence-corrected chi connectivity index (χ3v) is 7.94. The van der Waals surface area contributed by atoms with Gasteiger partial charge >= 0.3 is 0 Å². The van der Waals surface area contributed by atoms with Crippen LogP contribution in [0.2, 0.25) is 0 Å². The number of carbonyl (C=O) groups excluding carboxylic acids is 2. The van der Waals surface area contributed by atoms with Crippen molar-refractivity contribution in [2.24, 2.45) is 11.3 Å². The van der Waals surface area contributed by atoms with E-state index in [9.17, 15) is 9.59 Å². The zero-order valence-corrected chi connectivity index (χ0v) is 19.6. The lowest BCUT2D eigenvalue weighted by atomic mass is 9.75. The first-order chi connectivity index (χ1) is 15.6. The largest absolute Gasteiger partial charge is 0.493 e. The maximum atomic E-state index is 13.1. The van der Waals surface area contributed by atoms with Crippen LogP contribution >= 0.6 is 0 Å². The molecular weight excluding hydrogens is 400 g/mol. The average molecular weight is 441 g/mol. The molecule has 5 nitrogen and oxygen atoms in total. The summed E-state index contributed by atoms with van der Waals surface area (Å²) in [6.45, 7) is 3.81.